The normalized spacial score (nSPS) is 16.4. The number of hydrogen-bond acceptors (Lipinski definition) is 6. The molecule has 4 aromatic rings. The highest BCUT2D eigenvalue weighted by molar-refractivity contribution is 6.11. The van der Waals surface area contributed by atoms with Crippen LogP contribution >= 0.6 is 0 Å². The van der Waals surface area contributed by atoms with E-state index in [0.29, 0.717) is 11.4 Å². The lowest BCUT2D eigenvalue weighted by molar-refractivity contribution is 0.102. The first kappa shape index (κ1) is 27.9. The molecule has 2 aliphatic heterocycles. The van der Waals surface area contributed by atoms with Crippen LogP contribution in [0.1, 0.15) is 74.1 Å². The standard InChI is InChI=1S/C30H35N7O.C2H6/c38-30(33-25-8-9-26(32-19-25)21-37-13-5-2-6-14-37)29-27-16-23(7-10-28(27)34-35-29)24-15-22(17-31-18-24)20-36-11-3-1-4-12-36;1-2/h7-10,15-19H,1-6,11-14,20-21H2,(H,33,38)(H,34,35);1-2H3. The van der Waals surface area contributed by atoms with E-state index in [4.69, 9.17) is 0 Å². The molecule has 0 saturated carbocycles. The molecule has 8 heteroatoms. The van der Waals surface area contributed by atoms with Crippen molar-refractivity contribution < 1.29 is 4.79 Å². The number of fused-ring (bicyclic) bond motifs is 1. The molecule has 210 valence electrons. The first-order valence-electron chi connectivity index (χ1n) is 14.8. The Morgan fingerprint density at radius 3 is 2.25 bits per heavy atom. The summed E-state index contributed by atoms with van der Waals surface area (Å²) in [5, 5.41) is 11.1. The lowest BCUT2D eigenvalue weighted by atomic mass is 10.0. The molecular weight excluding hydrogens is 498 g/mol. The maximum atomic E-state index is 13.2. The van der Waals surface area contributed by atoms with Crippen LogP contribution in [0.15, 0.2) is 55.0 Å². The monoisotopic (exact) mass is 539 g/mol. The van der Waals surface area contributed by atoms with E-state index < -0.39 is 0 Å². The van der Waals surface area contributed by atoms with Crippen LogP contribution in [0.25, 0.3) is 22.0 Å². The molecule has 40 heavy (non-hydrogen) atoms. The first-order chi connectivity index (χ1) is 19.7. The van der Waals surface area contributed by atoms with Gasteiger partial charge in [-0.3, -0.25) is 29.7 Å². The number of pyridine rings is 2. The molecule has 2 fully saturated rings. The van der Waals surface area contributed by atoms with Crippen molar-refractivity contribution in [3.8, 4) is 11.1 Å². The number of likely N-dealkylation sites (tertiary alicyclic amines) is 2. The molecule has 0 spiro atoms. The van der Waals surface area contributed by atoms with E-state index in [1.807, 2.05) is 50.5 Å². The smallest absolute Gasteiger partial charge is 0.276 e. The molecule has 0 atom stereocenters. The Kier molecular flexibility index (Phi) is 9.52. The Hall–Kier alpha value is -3.62. The van der Waals surface area contributed by atoms with Gasteiger partial charge in [-0.2, -0.15) is 5.10 Å². The zero-order chi connectivity index (χ0) is 27.7. The minimum Gasteiger partial charge on any atom is -0.319 e. The van der Waals surface area contributed by atoms with Gasteiger partial charge in [-0.15, -0.1) is 0 Å². The van der Waals surface area contributed by atoms with Gasteiger partial charge in [0.1, 0.15) is 0 Å². The molecule has 0 aliphatic carbocycles. The molecule has 0 bridgehead atoms. The number of rotatable bonds is 7. The number of anilines is 1. The second kappa shape index (κ2) is 13.6. The molecule has 5 heterocycles. The zero-order valence-corrected chi connectivity index (χ0v) is 23.8. The average Bonchev–Trinajstić information content (AvgIpc) is 3.44. The van der Waals surface area contributed by atoms with E-state index in [1.165, 1.54) is 44.1 Å². The largest absolute Gasteiger partial charge is 0.319 e. The highest BCUT2D eigenvalue weighted by Gasteiger charge is 2.17. The molecule has 2 saturated heterocycles. The van der Waals surface area contributed by atoms with Gasteiger partial charge in [-0.25, -0.2) is 0 Å². The predicted molar refractivity (Wildman–Crippen MR) is 161 cm³/mol. The summed E-state index contributed by atoms with van der Waals surface area (Å²) >= 11 is 0. The fourth-order valence-electron chi connectivity index (χ4n) is 5.60. The summed E-state index contributed by atoms with van der Waals surface area (Å²) in [6.07, 6.45) is 13.3. The Bertz CT molecular complexity index is 1390. The van der Waals surface area contributed by atoms with E-state index in [1.54, 1.807) is 6.20 Å². The highest BCUT2D eigenvalue weighted by atomic mass is 16.1. The first-order valence-corrected chi connectivity index (χ1v) is 14.8. The molecule has 8 nitrogen and oxygen atoms in total. The number of aromatic amines is 1. The molecule has 2 aliphatic rings. The van der Waals surface area contributed by atoms with Crippen molar-refractivity contribution in [1.82, 2.24) is 30.0 Å². The highest BCUT2D eigenvalue weighted by Crippen LogP contribution is 2.27. The van der Waals surface area contributed by atoms with Crippen LogP contribution in [0.3, 0.4) is 0 Å². The number of carbonyl (C=O) groups excluding carboxylic acids is 1. The zero-order valence-electron chi connectivity index (χ0n) is 23.8. The summed E-state index contributed by atoms with van der Waals surface area (Å²) in [6, 6.07) is 12.2. The second-order valence-electron chi connectivity index (χ2n) is 10.6. The lowest BCUT2D eigenvalue weighted by Gasteiger charge is -2.26. The van der Waals surface area contributed by atoms with Crippen LogP contribution in [-0.4, -0.2) is 62.1 Å². The van der Waals surface area contributed by atoms with Crippen LogP contribution in [0.5, 0.6) is 0 Å². The van der Waals surface area contributed by atoms with Crippen molar-refractivity contribution in [2.75, 3.05) is 31.5 Å². The summed E-state index contributed by atoms with van der Waals surface area (Å²) in [4.78, 5) is 27.2. The number of piperidine rings is 2. The molecule has 6 rings (SSSR count). The van der Waals surface area contributed by atoms with Gasteiger partial charge in [-0.05, 0) is 93.3 Å². The number of hydrogen-bond donors (Lipinski definition) is 2. The summed E-state index contributed by atoms with van der Waals surface area (Å²) in [7, 11) is 0. The van der Waals surface area contributed by atoms with Gasteiger partial charge in [0.2, 0.25) is 0 Å². The van der Waals surface area contributed by atoms with Gasteiger partial charge in [0.15, 0.2) is 5.69 Å². The number of benzene rings is 1. The lowest BCUT2D eigenvalue weighted by Crippen LogP contribution is -2.29. The predicted octanol–water partition coefficient (Wildman–Crippen LogP) is 6.27. The molecular formula is C32H41N7O. The summed E-state index contributed by atoms with van der Waals surface area (Å²) in [5.74, 6) is -0.254. The van der Waals surface area contributed by atoms with Crippen molar-refractivity contribution in [2.24, 2.45) is 0 Å². The summed E-state index contributed by atoms with van der Waals surface area (Å²) < 4.78 is 0. The number of carbonyl (C=O) groups is 1. The van der Waals surface area contributed by atoms with E-state index >= 15 is 0 Å². The number of amides is 1. The van der Waals surface area contributed by atoms with Crippen molar-refractivity contribution in [3.05, 3.63) is 71.9 Å². The second-order valence-corrected chi connectivity index (χ2v) is 10.6. The third-order valence-corrected chi connectivity index (χ3v) is 7.68. The van der Waals surface area contributed by atoms with Crippen LogP contribution in [-0.2, 0) is 13.1 Å². The molecule has 1 amide bonds. The van der Waals surface area contributed by atoms with Crippen LogP contribution < -0.4 is 5.32 Å². The fourth-order valence-corrected chi connectivity index (χ4v) is 5.60. The topological polar surface area (TPSA) is 90.0 Å². The molecule has 0 radical (unpaired) electrons. The van der Waals surface area contributed by atoms with E-state index in [-0.39, 0.29) is 5.91 Å². The Morgan fingerprint density at radius 2 is 1.55 bits per heavy atom. The van der Waals surface area contributed by atoms with Crippen LogP contribution in [0.2, 0.25) is 0 Å². The number of H-pyrrole nitrogens is 1. The Labute approximate surface area is 237 Å². The third kappa shape index (κ3) is 6.92. The van der Waals surface area contributed by atoms with Crippen molar-refractivity contribution >= 4 is 22.5 Å². The Morgan fingerprint density at radius 1 is 0.825 bits per heavy atom. The van der Waals surface area contributed by atoms with Gasteiger partial charge >= 0.3 is 0 Å². The maximum Gasteiger partial charge on any atom is 0.276 e. The molecule has 1 aromatic carbocycles. The number of nitrogens with zero attached hydrogens (tertiary/aromatic N) is 5. The SMILES string of the molecule is CC.O=C(Nc1ccc(CN2CCCCC2)nc1)c1n[nH]c2ccc(-c3cncc(CN4CCCCC4)c3)cc12. The minimum atomic E-state index is -0.254. The van der Waals surface area contributed by atoms with Gasteiger partial charge in [0.25, 0.3) is 5.91 Å². The number of nitrogens with one attached hydrogen (secondary N) is 2. The summed E-state index contributed by atoms with van der Waals surface area (Å²) in [6.45, 7) is 10.4. The minimum absolute atomic E-state index is 0.254. The number of aromatic nitrogens is 4. The van der Waals surface area contributed by atoms with Crippen LogP contribution in [0, 0.1) is 0 Å². The molecule has 3 aromatic heterocycles. The van der Waals surface area contributed by atoms with E-state index in [2.05, 4.69) is 47.4 Å². The molecule has 0 unspecified atom stereocenters. The third-order valence-electron chi connectivity index (χ3n) is 7.68. The fraction of sp³-hybridized carbons (Fsp3) is 0.438. The summed E-state index contributed by atoms with van der Waals surface area (Å²) in [5.41, 5.74) is 6.16. The van der Waals surface area contributed by atoms with E-state index in [0.717, 1.165) is 67.0 Å². The van der Waals surface area contributed by atoms with Gasteiger partial charge in [0.05, 0.1) is 23.1 Å². The average molecular weight is 540 g/mol. The van der Waals surface area contributed by atoms with Gasteiger partial charge < -0.3 is 5.32 Å². The van der Waals surface area contributed by atoms with Crippen molar-refractivity contribution in [2.45, 2.75) is 65.5 Å². The van der Waals surface area contributed by atoms with E-state index in [9.17, 15) is 4.79 Å². The molecule has 2 N–H and O–H groups in total. The van der Waals surface area contributed by atoms with Gasteiger partial charge in [0, 0.05) is 36.4 Å². The van der Waals surface area contributed by atoms with Crippen molar-refractivity contribution in [3.63, 3.8) is 0 Å². The van der Waals surface area contributed by atoms with Crippen molar-refractivity contribution in [1.29, 1.82) is 0 Å². The van der Waals surface area contributed by atoms with Crippen LogP contribution in [0.4, 0.5) is 5.69 Å². The maximum absolute atomic E-state index is 13.2. The quantitative estimate of drug-likeness (QED) is 0.288. The Balaban J connectivity index is 0.00000158. The van der Waals surface area contributed by atoms with Gasteiger partial charge in [-0.1, -0.05) is 32.8 Å².